The summed E-state index contributed by atoms with van der Waals surface area (Å²) in [5, 5.41) is 11.1. The monoisotopic (exact) mass is 228 g/mol. The van der Waals surface area contributed by atoms with Gasteiger partial charge in [-0.15, -0.1) is 0 Å². The molecule has 0 fully saturated rings. The molecule has 0 atom stereocenters. The summed E-state index contributed by atoms with van der Waals surface area (Å²) in [6.45, 7) is 1.75. The summed E-state index contributed by atoms with van der Waals surface area (Å²) in [6.07, 6.45) is 0. The van der Waals surface area contributed by atoms with E-state index in [9.17, 15) is 9.18 Å². The normalized spacial score (nSPS) is 9.88. The maximum atomic E-state index is 13.3. The van der Waals surface area contributed by atoms with Gasteiger partial charge < -0.3 is 20.9 Å². The molecule has 0 aliphatic heterocycles. The molecule has 0 aromatic heterocycles. The Hall–Kier alpha value is -1.98. The van der Waals surface area contributed by atoms with E-state index in [4.69, 9.17) is 15.6 Å². The molecule has 88 valence electrons. The molecule has 1 rings (SSSR count). The standard InChI is InChI=1S/C10H13FN2O3/c1-2-16-9-4-8(13-5-10(14)15)7(12)3-6(9)11/h3-4,13H,2,5,12H2,1H3,(H,14,15). The number of nitrogens with two attached hydrogens (primary N) is 1. The summed E-state index contributed by atoms with van der Waals surface area (Å²) >= 11 is 0. The second-order valence-electron chi connectivity index (χ2n) is 3.05. The number of nitrogens with one attached hydrogen (secondary N) is 1. The van der Waals surface area contributed by atoms with Gasteiger partial charge in [0.25, 0.3) is 0 Å². The van der Waals surface area contributed by atoms with Crippen molar-refractivity contribution in [1.29, 1.82) is 0 Å². The van der Waals surface area contributed by atoms with Gasteiger partial charge in [-0.25, -0.2) is 4.39 Å². The lowest BCUT2D eigenvalue weighted by atomic mass is 10.2. The Morgan fingerprint density at radius 1 is 1.62 bits per heavy atom. The van der Waals surface area contributed by atoms with E-state index in [0.717, 1.165) is 6.07 Å². The molecule has 0 amide bonds. The summed E-state index contributed by atoms with van der Waals surface area (Å²) in [5.74, 6) is -1.55. The molecule has 0 saturated heterocycles. The van der Waals surface area contributed by atoms with Crippen LogP contribution in [0, 0.1) is 5.82 Å². The molecule has 1 aromatic rings. The number of halogens is 1. The first-order valence-corrected chi connectivity index (χ1v) is 4.72. The van der Waals surface area contributed by atoms with Gasteiger partial charge >= 0.3 is 5.97 Å². The van der Waals surface area contributed by atoms with Crippen LogP contribution in [-0.2, 0) is 4.79 Å². The average molecular weight is 228 g/mol. The number of ether oxygens (including phenoxy) is 1. The van der Waals surface area contributed by atoms with Crippen molar-refractivity contribution >= 4 is 17.3 Å². The molecule has 1 aromatic carbocycles. The largest absolute Gasteiger partial charge is 0.491 e. The number of hydrogen-bond donors (Lipinski definition) is 3. The lowest BCUT2D eigenvalue weighted by molar-refractivity contribution is -0.134. The highest BCUT2D eigenvalue weighted by atomic mass is 19.1. The van der Waals surface area contributed by atoms with Gasteiger partial charge in [0.15, 0.2) is 11.6 Å². The first kappa shape index (κ1) is 12.1. The van der Waals surface area contributed by atoms with Crippen molar-refractivity contribution in [2.24, 2.45) is 0 Å². The fraction of sp³-hybridized carbons (Fsp3) is 0.300. The van der Waals surface area contributed by atoms with Crippen molar-refractivity contribution in [1.82, 2.24) is 0 Å². The zero-order valence-corrected chi connectivity index (χ0v) is 8.79. The van der Waals surface area contributed by atoms with Gasteiger partial charge in [0.1, 0.15) is 6.54 Å². The quantitative estimate of drug-likeness (QED) is 0.661. The molecule has 0 spiro atoms. The minimum atomic E-state index is -1.03. The van der Waals surface area contributed by atoms with E-state index in [1.165, 1.54) is 6.07 Å². The van der Waals surface area contributed by atoms with E-state index in [1.807, 2.05) is 0 Å². The summed E-state index contributed by atoms with van der Waals surface area (Å²) in [7, 11) is 0. The molecule has 16 heavy (non-hydrogen) atoms. The van der Waals surface area contributed by atoms with Crippen LogP contribution in [0.1, 0.15) is 6.92 Å². The maximum absolute atomic E-state index is 13.3. The number of aliphatic carboxylic acids is 1. The van der Waals surface area contributed by atoms with Gasteiger partial charge in [0.05, 0.1) is 18.0 Å². The highest BCUT2D eigenvalue weighted by Crippen LogP contribution is 2.27. The molecule has 6 heteroatoms. The van der Waals surface area contributed by atoms with E-state index in [2.05, 4.69) is 5.32 Å². The molecule has 5 nitrogen and oxygen atoms in total. The van der Waals surface area contributed by atoms with Gasteiger partial charge in [0.2, 0.25) is 0 Å². The SMILES string of the molecule is CCOc1cc(NCC(=O)O)c(N)cc1F. The van der Waals surface area contributed by atoms with Crippen molar-refractivity contribution in [2.45, 2.75) is 6.92 Å². The zero-order chi connectivity index (χ0) is 12.1. The Morgan fingerprint density at radius 2 is 2.31 bits per heavy atom. The van der Waals surface area contributed by atoms with Crippen LogP contribution in [0.5, 0.6) is 5.75 Å². The van der Waals surface area contributed by atoms with Gasteiger partial charge in [-0.2, -0.15) is 0 Å². The number of carboxylic acids is 1. The molecule has 0 radical (unpaired) electrons. The Bertz CT molecular complexity index is 396. The molecule has 0 bridgehead atoms. The van der Waals surface area contributed by atoms with Crippen LogP contribution in [0.25, 0.3) is 0 Å². The number of hydrogen-bond acceptors (Lipinski definition) is 4. The summed E-state index contributed by atoms with van der Waals surface area (Å²) < 4.78 is 18.3. The second-order valence-corrected chi connectivity index (χ2v) is 3.05. The lowest BCUT2D eigenvalue weighted by Crippen LogP contribution is -2.13. The number of anilines is 2. The van der Waals surface area contributed by atoms with Crippen LogP contribution >= 0.6 is 0 Å². The molecule has 0 heterocycles. The van der Waals surface area contributed by atoms with E-state index < -0.39 is 11.8 Å². The predicted octanol–water partition coefficient (Wildman–Crippen LogP) is 1.30. The molecular formula is C10H13FN2O3. The summed E-state index contributed by atoms with van der Waals surface area (Å²) in [5.41, 5.74) is 6.00. The second kappa shape index (κ2) is 5.20. The number of carbonyl (C=O) groups is 1. The van der Waals surface area contributed by atoms with Crippen molar-refractivity contribution < 1.29 is 19.0 Å². The molecule has 0 aliphatic rings. The zero-order valence-electron chi connectivity index (χ0n) is 8.79. The Balaban J connectivity index is 2.90. The Labute approximate surface area is 92.0 Å². The van der Waals surface area contributed by atoms with Crippen LogP contribution < -0.4 is 15.8 Å². The molecule has 0 aliphatic carbocycles. The summed E-state index contributed by atoms with van der Waals surface area (Å²) in [4.78, 5) is 10.4. The van der Waals surface area contributed by atoms with Gasteiger partial charge in [-0.1, -0.05) is 0 Å². The van der Waals surface area contributed by atoms with Crippen LogP contribution in [0.4, 0.5) is 15.8 Å². The summed E-state index contributed by atoms with van der Waals surface area (Å²) in [6, 6.07) is 2.44. The predicted molar refractivity (Wildman–Crippen MR) is 58.1 cm³/mol. The number of benzene rings is 1. The smallest absolute Gasteiger partial charge is 0.322 e. The molecule has 0 unspecified atom stereocenters. The lowest BCUT2D eigenvalue weighted by Gasteiger charge is -2.11. The van der Waals surface area contributed by atoms with Crippen LogP contribution in [0.3, 0.4) is 0 Å². The van der Waals surface area contributed by atoms with Gasteiger partial charge in [-0.3, -0.25) is 4.79 Å². The third-order valence-electron chi connectivity index (χ3n) is 1.83. The topological polar surface area (TPSA) is 84.6 Å². The van der Waals surface area contributed by atoms with Crippen molar-refractivity contribution in [3.63, 3.8) is 0 Å². The van der Waals surface area contributed by atoms with Crippen LogP contribution in [0.2, 0.25) is 0 Å². The fourth-order valence-electron chi connectivity index (χ4n) is 1.16. The third kappa shape index (κ3) is 3.01. The van der Waals surface area contributed by atoms with Crippen molar-refractivity contribution in [3.05, 3.63) is 17.9 Å². The van der Waals surface area contributed by atoms with E-state index in [1.54, 1.807) is 6.92 Å². The highest BCUT2D eigenvalue weighted by molar-refractivity contribution is 5.76. The van der Waals surface area contributed by atoms with Crippen LogP contribution in [-0.4, -0.2) is 24.2 Å². The van der Waals surface area contributed by atoms with Gasteiger partial charge in [-0.05, 0) is 6.92 Å². The van der Waals surface area contributed by atoms with Crippen molar-refractivity contribution in [3.8, 4) is 5.75 Å². The van der Waals surface area contributed by atoms with Crippen LogP contribution in [0.15, 0.2) is 12.1 Å². The first-order chi connectivity index (χ1) is 7.54. The first-order valence-electron chi connectivity index (χ1n) is 4.72. The fourth-order valence-corrected chi connectivity index (χ4v) is 1.16. The molecular weight excluding hydrogens is 215 g/mol. The van der Waals surface area contributed by atoms with Crippen molar-refractivity contribution in [2.75, 3.05) is 24.2 Å². The molecule has 4 N–H and O–H groups in total. The maximum Gasteiger partial charge on any atom is 0.322 e. The Kier molecular flexibility index (Phi) is 3.93. The Morgan fingerprint density at radius 3 is 2.88 bits per heavy atom. The van der Waals surface area contributed by atoms with Gasteiger partial charge in [0, 0.05) is 12.1 Å². The number of carboxylic acid groups (broad SMARTS) is 1. The minimum Gasteiger partial charge on any atom is -0.491 e. The highest BCUT2D eigenvalue weighted by Gasteiger charge is 2.09. The van der Waals surface area contributed by atoms with E-state index in [0.29, 0.717) is 12.3 Å². The molecule has 0 saturated carbocycles. The third-order valence-corrected chi connectivity index (χ3v) is 1.83. The number of rotatable bonds is 5. The number of nitrogen functional groups attached to an aromatic ring is 1. The minimum absolute atomic E-state index is 0.0459. The van der Waals surface area contributed by atoms with E-state index >= 15 is 0 Å². The average Bonchev–Trinajstić information content (AvgIpc) is 2.20. The van der Waals surface area contributed by atoms with E-state index in [-0.39, 0.29) is 18.0 Å².